The number of amides is 2. The number of nitrogens with one attached hydrogen (secondary N) is 3. The first-order chi connectivity index (χ1) is 14.9. The summed E-state index contributed by atoms with van der Waals surface area (Å²) in [5.41, 5.74) is 2.90. The van der Waals surface area contributed by atoms with Crippen molar-refractivity contribution >= 4 is 12.0 Å². The van der Waals surface area contributed by atoms with Gasteiger partial charge in [0.05, 0.1) is 25.4 Å². The maximum Gasteiger partial charge on any atom is 0.318 e. The van der Waals surface area contributed by atoms with Crippen LogP contribution in [0.1, 0.15) is 36.6 Å². The Hall–Kier alpha value is -2.94. The Balaban J connectivity index is 1.43. The van der Waals surface area contributed by atoms with E-state index in [1.165, 1.54) is 13.2 Å². The monoisotopic (exact) mass is 428 g/mol. The maximum atomic E-state index is 13.8. The Bertz CT molecular complexity index is 954. The molecule has 3 N–H and O–H groups in total. The average Bonchev–Trinajstić information content (AvgIpc) is 3.21. The lowest BCUT2D eigenvalue weighted by Crippen LogP contribution is -2.48. The van der Waals surface area contributed by atoms with E-state index in [4.69, 9.17) is 4.74 Å². The highest BCUT2D eigenvalue weighted by molar-refractivity contribution is 5.75. The van der Waals surface area contributed by atoms with E-state index in [1.807, 2.05) is 20.0 Å². The molecule has 31 heavy (non-hydrogen) atoms. The third kappa shape index (κ3) is 4.71. The predicted molar refractivity (Wildman–Crippen MR) is 116 cm³/mol. The zero-order valence-electron chi connectivity index (χ0n) is 18.1. The fraction of sp³-hybridized carbons (Fsp3) is 0.500. The fourth-order valence-corrected chi connectivity index (χ4v) is 4.14. The number of rotatable bonds is 5. The van der Waals surface area contributed by atoms with Crippen molar-refractivity contribution < 1.29 is 13.9 Å². The van der Waals surface area contributed by atoms with Crippen LogP contribution in [0, 0.1) is 5.82 Å². The van der Waals surface area contributed by atoms with Crippen LogP contribution in [0.2, 0.25) is 0 Å². The molecule has 9 heteroatoms. The first kappa shape index (κ1) is 21.3. The van der Waals surface area contributed by atoms with Crippen molar-refractivity contribution in [2.24, 2.45) is 0 Å². The Morgan fingerprint density at radius 1 is 1.35 bits per heavy atom. The van der Waals surface area contributed by atoms with Crippen LogP contribution in [0.5, 0.6) is 5.75 Å². The molecule has 2 aliphatic heterocycles. The first-order valence-corrected chi connectivity index (χ1v) is 10.7. The number of halogens is 1. The quantitative estimate of drug-likeness (QED) is 0.677. The van der Waals surface area contributed by atoms with Crippen molar-refractivity contribution in [2.45, 2.75) is 44.8 Å². The minimum atomic E-state index is -0.391. The molecule has 2 atom stereocenters. The lowest BCUT2D eigenvalue weighted by molar-refractivity contribution is 0.187. The van der Waals surface area contributed by atoms with Gasteiger partial charge in [-0.15, -0.1) is 0 Å². The standard InChI is InChI=1S/C22H29FN6O2/c1-13(2)26-21-25-9-15-6-7-29(12-19(15)27-21)22(30)28-18-11-24-10-16(18)14-4-5-17(23)20(8-14)31-3/h4-5,8-9,13,16,18,24H,6-7,10-12H2,1-3H3,(H,28,30)(H,25,26,27). The number of urea groups is 1. The molecule has 8 nitrogen and oxygen atoms in total. The predicted octanol–water partition coefficient (Wildman–Crippen LogP) is 2.27. The fourth-order valence-electron chi connectivity index (χ4n) is 4.14. The molecule has 0 aliphatic carbocycles. The maximum absolute atomic E-state index is 13.8. The zero-order chi connectivity index (χ0) is 22.0. The summed E-state index contributed by atoms with van der Waals surface area (Å²) in [6.45, 7) is 6.50. The molecular weight excluding hydrogens is 399 g/mol. The normalized spacial score (nSPS) is 20.5. The summed E-state index contributed by atoms with van der Waals surface area (Å²) in [5, 5.41) is 9.69. The highest BCUT2D eigenvalue weighted by Crippen LogP contribution is 2.28. The van der Waals surface area contributed by atoms with Gasteiger partial charge in [0, 0.05) is 37.8 Å². The van der Waals surface area contributed by atoms with Crippen molar-refractivity contribution in [1.82, 2.24) is 25.5 Å². The number of carbonyl (C=O) groups is 1. The summed E-state index contributed by atoms with van der Waals surface area (Å²) in [6.07, 6.45) is 2.58. The molecule has 4 rings (SSSR count). The number of aromatic nitrogens is 2. The highest BCUT2D eigenvalue weighted by Gasteiger charge is 2.32. The third-order valence-electron chi connectivity index (χ3n) is 5.78. The summed E-state index contributed by atoms with van der Waals surface area (Å²) >= 11 is 0. The summed E-state index contributed by atoms with van der Waals surface area (Å²) in [5.74, 6) is 0.451. The zero-order valence-corrected chi connectivity index (χ0v) is 18.1. The van der Waals surface area contributed by atoms with Gasteiger partial charge in [0.2, 0.25) is 5.95 Å². The number of anilines is 1. The van der Waals surface area contributed by atoms with Gasteiger partial charge >= 0.3 is 6.03 Å². The Labute approximate surface area is 181 Å². The molecule has 166 valence electrons. The topological polar surface area (TPSA) is 91.4 Å². The SMILES string of the molecule is COc1cc(C2CNCC2NC(=O)N2CCc3cnc(NC(C)C)nc3C2)ccc1F. The Morgan fingerprint density at radius 3 is 2.97 bits per heavy atom. The van der Waals surface area contributed by atoms with E-state index in [-0.39, 0.29) is 29.8 Å². The van der Waals surface area contributed by atoms with Gasteiger partial charge in [-0.1, -0.05) is 6.07 Å². The van der Waals surface area contributed by atoms with E-state index in [0.717, 1.165) is 23.2 Å². The van der Waals surface area contributed by atoms with Gasteiger partial charge in [-0.2, -0.15) is 0 Å². The third-order valence-corrected chi connectivity index (χ3v) is 5.78. The van der Waals surface area contributed by atoms with Crippen LogP contribution in [0.3, 0.4) is 0 Å². The molecule has 1 aromatic carbocycles. The Kier molecular flexibility index (Phi) is 6.22. The second kappa shape index (κ2) is 9.05. The minimum absolute atomic E-state index is 0.0414. The van der Waals surface area contributed by atoms with Crippen molar-refractivity contribution in [3.8, 4) is 5.75 Å². The largest absolute Gasteiger partial charge is 0.494 e. The van der Waals surface area contributed by atoms with Crippen molar-refractivity contribution in [3.63, 3.8) is 0 Å². The minimum Gasteiger partial charge on any atom is -0.494 e. The summed E-state index contributed by atoms with van der Waals surface area (Å²) in [7, 11) is 1.45. The van der Waals surface area contributed by atoms with Gasteiger partial charge in [0.25, 0.3) is 0 Å². The molecule has 2 aromatic rings. The average molecular weight is 429 g/mol. The van der Waals surface area contributed by atoms with Gasteiger partial charge in [-0.25, -0.2) is 19.2 Å². The molecule has 2 amide bonds. The van der Waals surface area contributed by atoms with Crippen LogP contribution in [-0.4, -0.2) is 59.7 Å². The summed E-state index contributed by atoms with van der Waals surface area (Å²) in [4.78, 5) is 23.8. The van der Waals surface area contributed by atoms with Gasteiger partial charge in [0.1, 0.15) is 0 Å². The highest BCUT2D eigenvalue weighted by atomic mass is 19.1. The second-order valence-corrected chi connectivity index (χ2v) is 8.35. The van der Waals surface area contributed by atoms with Crippen molar-refractivity contribution in [1.29, 1.82) is 0 Å². The molecule has 3 heterocycles. The van der Waals surface area contributed by atoms with E-state index >= 15 is 0 Å². The van der Waals surface area contributed by atoms with E-state index in [1.54, 1.807) is 17.0 Å². The lowest BCUT2D eigenvalue weighted by Gasteiger charge is -2.30. The summed E-state index contributed by atoms with van der Waals surface area (Å²) < 4.78 is 18.9. The molecular formula is C22H29FN6O2. The first-order valence-electron chi connectivity index (χ1n) is 10.7. The van der Waals surface area contributed by atoms with Crippen LogP contribution < -0.4 is 20.7 Å². The number of ether oxygens (including phenoxy) is 1. The molecule has 0 spiro atoms. The van der Waals surface area contributed by atoms with E-state index < -0.39 is 5.82 Å². The molecule has 2 aliphatic rings. The van der Waals surface area contributed by atoms with Crippen LogP contribution >= 0.6 is 0 Å². The number of methoxy groups -OCH3 is 1. The number of fused-ring (bicyclic) bond motifs is 1. The number of nitrogens with zero attached hydrogens (tertiary/aromatic N) is 3. The molecule has 1 aromatic heterocycles. The number of benzene rings is 1. The smallest absolute Gasteiger partial charge is 0.318 e. The van der Waals surface area contributed by atoms with Crippen LogP contribution in [0.15, 0.2) is 24.4 Å². The van der Waals surface area contributed by atoms with Gasteiger partial charge in [-0.3, -0.25) is 0 Å². The van der Waals surface area contributed by atoms with Crippen LogP contribution in [0.25, 0.3) is 0 Å². The van der Waals surface area contributed by atoms with Crippen LogP contribution in [-0.2, 0) is 13.0 Å². The van der Waals surface area contributed by atoms with Gasteiger partial charge < -0.3 is 25.6 Å². The molecule has 1 saturated heterocycles. The summed E-state index contributed by atoms with van der Waals surface area (Å²) in [6, 6.07) is 4.91. The Morgan fingerprint density at radius 2 is 2.19 bits per heavy atom. The molecule has 0 bridgehead atoms. The molecule has 0 saturated carbocycles. The van der Waals surface area contributed by atoms with Gasteiger partial charge in [0.15, 0.2) is 11.6 Å². The van der Waals surface area contributed by atoms with E-state index in [0.29, 0.717) is 32.1 Å². The molecule has 1 fully saturated rings. The van der Waals surface area contributed by atoms with Crippen molar-refractivity contribution in [3.05, 3.63) is 47.0 Å². The number of hydrogen-bond acceptors (Lipinski definition) is 6. The van der Waals surface area contributed by atoms with E-state index in [9.17, 15) is 9.18 Å². The molecule has 0 radical (unpaired) electrons. The number of hydrogen-bond donors (Lipinski definition) is 3. The molecule has 2 unspecified atom stereocenters. The van der Waals surface area contributed by atoms with E-state index in [2.05, 4.69) is 25.9 Å². The number of carbonyl (C=O) groups excluding carboxylic acids is 1. The van der Waals surface area contributed by atoms with Gasteiger partial charge in [-0.05, 0) is 43.5 Å². The second-order valence-electron chi connectivity index (χ2n) is 8.35. The van der Waals surface area contributed by atoms with Crippen molar-refractivity contribution in [2.75, 3.05) is 32.1 Å². The van der Waals surface area contributed by atoms with Crippen LogP contribution in [0.4, 0.5) is 15.1 Å². The lowest BCUT2D eigenvalue weighted by atomic mass is 9.94.